The van der Waals surface area contributed by atoms with Crippen LogP contribution >= 0.6 is 11.3 Å². The fourth-order valence-electron chi connectivity index (χ4n) is 1.94. The van der Waals surface area contributed by atoms with E-state index < -0.39 is 0 Å². The number of amides is 2. The minimum Gasteiger partial charge on any atom is -0.469 e. The van der Waals surface area contributed by atoms with Gasteiger partial charge in [-0.15, -0.1) is 0 Å². The molecule has 5 heteroatoms. The maximum atomic E-state index is 12.0. The van der Waals surface area contributed by atoms with Crippen molar-refractivity contribution in [2.45, 2.75) is 32.4 Å². The van der Waals surface area contributed by atoms with Crippen LogP contribution in [0.1, 0.15) is 24.7 Å². The Hall–Kier alpha value is -1.75. The van der Waals surface area contributed by atoms with Crippen LogP contribution < -0.4 is 5.32 Å². The second kappa shape index (κ2) is 7.14. The quantitative estimate of drug-likeness (QED) is 0.885. The first-order valence-corrected chi connectivity index (χ1v) is 7.64. The monoisotopic (exact) mass is 292 g/mol. The molecule has 20 heavy (non-hydrogen) atoms. The summed E-state index contributed by atoms with van der Waals surface area (Å²) >= 11 is 1.64. The van der Waals surface area contributed by atoms with Crippen LogP contribution in [0.3, 0.4) is 0 Å². The maximum absolute atomic E-state index is 12.0. The summed E-state index contributed by atoms with van der Waals surface area (Å²) < 4.78 is 5.28. The summed E-state index contributed by atoms with van der Waals surface area (Å²) in [4.78, 5) is 13.7. The van der Waals surface area contributed by atoms with E-state index in [4.69, 9.17) is 4.42 Å². The third-order valence-corrected chi connectivity index (χ3v) is 3.85. The van der Waals surface area contributed by atoms with Crippen LogP contribution in [0.15, 0.2) is 39.6 Å². The van der Waals surface area contributed by atoms with Gasteiger partial charge in [0.05, 0.1) is 6.26 Å². The Bertz CT molecular complexity index is 508. The van der Waals surface area contributed by atoms with Gasteiger partial charge in [0.1, 0.15) is 5.76 Å². The van der Waals surface area contributed by atoms with Crippen molar-refractivity contribution in [3.8, 4) is 0 Å². The number of thiophene rings is 1. The van der Waals surface area contributed by atoms with Gasteiger partial charge in [0, 0.05) is 26.1 Å². The van der Waals surface area contributed by atoms with E-state index in [2.05, 4.69) is 10.7 Å². The molecule has 4 nitrogen and oxygen atoms in total. The van der Waals surface area contributed by atoms with Gasteiger partial charge >= 0.3 is 6.03 Å². The number of rotatable bonds is 6. The van der Waals surface area contributed by atoms with Gasteiger partial charge in [-0.3, -0.25) is 0 Å². The van der Waals surface area contributed by atoms with Crippen molar-refractivity contribution in [2.75, 3.05) is 7.05 Å². The fourth-order valence-corrected chi connectivity index (χ4v) is 2.59. The lowest BCUT2D eigenvalue weighted by Crippen LogP contribution is -2.41. The molecular formula is C15H20N2O2S. The van der Waals surface area contributed by atoms with E-state index in [0.29, 0.717) is 6.54 Å². The van der Waals surface area contributed by atoms with Crippen LogP contribution in [-0.4, -0.2) is 24.0 Å². The minimum absolute atomic E-state index is 0.0388. The smallest absolute Gasteiger partial charge is 0.317 e. The molecule has 2 amide bonds. The highest BCUT2D eigenvalue weighted by molar-refractivity contribution is 7.07. The first kappa shape index (κ1) is 14.7. The van der Waals surface area contributed by atoms with Crippen LogP contribution in [0.5, 0.6) is 0 Å². The van der Waals surface area contributed by atoms with Gasteiger partial charge in [0.2, 0.25) is 0 Å². The molecule has 0 fully saturated rings. The number of furan rings is 1. The van der Waals surface area contributed by atoms with Crippen molar-refractivity contribution in [3.63, 3.8) is 0 Å². The first-order valence-electron chi connectivity index (χ1n) is 6.70. The van der Waals surface area contributed by atoms with E-state index in [9.17, 15) is 4.79 Å². The molecule has 2 aromatic rings. The zero-order chi connectivity index (χ0) is 14.4. The molecule has 0 aromatic carbocycles. The molecule has 0 aliphatic rings. The van der Waals surface area contributed by atoms with Gasteiger partial charge in [-0.25, -0.2) is 4.79 Å². The first-order chi connectivity index (χ1) is 9.65. The number of hydrogen-bond acceptors (Lipinski definition) is 3. The van der Waals surface area contributed by atoms with Crippen LogP contribution in [0.25, 0.3) is 0 Å². The molecule has 108 valence electrons. The highest BCUT2D eigenvalue weighted by atomic mass is 32.1. The van der Waals surface area contributed by atoms with Gasteiger partial charge in [0.25, 0.3) is 0 Å². The summed E-state index contributed by atoms with van der Waals surface area (Å²) in [5.41, 5.74) is 1.16. The topological polar surface area (TPSA) is 45.5 Å². The molecule has 0 aliphatic heterocycles. The number of nitrogens with zero attached hydrogens (tertiary/aromatic N) is 1. The van der Waals surface area contributed by atoms with Gasteiger partial charge in [-0.1, -0.05) is 0 Å². The average Bonchev–Trinajstić information content (AvgIpc) is 3.09. The third kappa shape index (κ3) is 4.42. The van der Waals surface area contributed by atoms with Crippen molar-refractivity contribution in [2.24, 2.45) is 0 Å². The molecule has 0 bridgehead atoms. The molecule has 0 radical (unpaired) electrons. The predicted octanol–water partition coefficient (Wildman–Crippen LogP) is 3.50. The highest BCUT2D eigenvalue weighted by Crippen LogP contribution is 2.09. The highest BCUT2D eigenvalue weighted by Gasteiger charge is 2.12. The van der Waals surface area contributed by atoms with E-state index in [1.54, 1.807) is 22.5 Å². The maximum Gasteiger partial charge on any atom is 0.317 e. The van der Waals surface area contributed by atoms with Crippen molar-refractivity contribution >= 4 is 17.4 Å². The second-order valence-corrected chi connectivity index (χ2v) is 5.74. The van der Waals surface area contributed by atoms with E-state index in [1.165, 1.54) is 0 Å². The van der Waals surface area contributed by atoms with Crippen molar-refractivity contribution in [1.82, 2.24) is 10.2 Å². The van der Waals surface area contributed by atoms with Crippen LogP contribution in [0.4, 0.5) is 4.79 Å². The van der Waals surface area contributed by atoms with Gasteiger partial charge in [-0.05, 0) is 47.9 Å². The summed E-state index contributed by atoms with van der Waals surface area (Å²) in [5.74, 6) is 0.956. The average molecular weight is 292 g/mol. The molecule has 0 spiro atoms. The molecule has 2 rings (SSSR count). The Labute approximate surface area is 123 Å². The number of hydrogen-bond donors (Lipinski definition) is 1. The SMILES string of the molecule is C[C@@H](CCc1ccco1)NC(=O)N(C)Cc1ccsc1. The molecule has 0 saturated carbocycles. The molecule has 0 aliphatic carbocycles. The van der Waals surface area contributed by atoms with Crippen molar-refractivity contribution in [1.29, 1.82) is 0 Å². The molecular weight excluding hydrogens is 272 g/mol. The number of aryl methyl sites for hydroxylation is 1. The normalized spacial score (nSPS) is 12.1. The van der Waals surface area contributed by atoms with Crippen molar-refractivity contribution in [3.05, 3.63) is 46.5 Å². The summed E-state index contributed by atoms with van der Waals surface area (Å²) in [5, 5.41) is 7.08. The molecule has 2 heterocycles. The van der Waals surface area contributed by atoms with E-state index in [-0.39, 0.29) is 12.1 Å². The Morgan fingerprint density at radius 3 is 3.00 bits per heavy atom. The standard InChI is InChI=1S/C15H20N2O2S/c1-12(5-6-14-4-3-8-19-14)16-15(18)17(2)10-13-7-9-20-11-13/h3-4,7-9,11-12H,5-6,10H2,1-2H3,(H,16,18)/t12-/m0/s1. The summed E-state index contributed by atoms with van der Waals surface area (Å²) in [6, 6.07) is 5.96. The predicted molar refractivity (Wildman–Crippen MR) is 80.8 cm³/mol. The summed E-state index contributed by atoms with van der Waals surface area (Å²) in [6.07, 6.45) is 3.38. The Morgan fingerprint density at radius 1 is 1.50 bits per heavy atom. The fraction of sp³-hybridized carbons (Fsp3) is 0.400. The zero-order valence-electron chi connectivity index (χ0n) is 11.8. The van der Waals surface area contributed by atoms with Gasteiger partial charge in [-0.2, -0.15) is 11.3 Å². The summed E-state index contributed by atoms with van der Waals surface area (Å²) in [7, 11) is 1.81. The third-order valence-electron chi connectivity index (χ3n) is 3.12. The summed E-state index contributed by atoms with van der Waals surface area (Å²) in [6.45, 7) is 2.65. The molecule has 0 saturated heterocycles. The number of carbonyl (C=O) groups excluding carboxylic acids is 1. The Kier molecular flexibility index (Phi) is 5.24. The van der Waals surface area contributed by atoms with Gasteiger partial charge < -0.3 is 14.6 Å². The molecule has 0 unspecified atom stereocenters. The molecule has 2 aromatic heterocycles. The minimum atomic E-state index is -0.0388. The Balaban J connectivity index is 1.72. The van der Waals surface area contributed by atoms with Crippen LogP contribution in [0, 0.1) is 0 Å². The molecule has 1 N–H and O–H groups in total. The number of carbonyl (C=O) groups is 1. The Morgan fingerprint density at radius 2 is 2.35 bits per heavy atom. The van der Waals surface area contributed by atoms with Crippen molar-refractivity contribution < 1.29 is 9.21 Å². The zero-order valence-corrected chi connectivity index (χ0v) is 12.7. The van der Waals surface area contributed by atoms with E-state index in [1.807, 2.05) is 37.6 Å². The lowest BCUT2D eigenvalue weighted by molar-refractivity contribution is 0.202. The van der Waals surface area contributed by atoms with E-state index in [0.717, 1.165) is 24.2 Å². The second-order valence-electron chi connectivity index (χ2n) is 4.96. The lowest BCUT2D eigenvalue weighted by Gasteiger charge is -2.20. The molecule has 1 atom stereocenters. The number of urea groups is 1. The number of nitrogens with one attached hydrogen (secondary N) is 1. The van der Waals surface area contributed by atoms with Crippen LogP contribution in [-0.2, 0) is 13.0 Å². The largest absolute Gasteiger partial charge is 0.469 e. The van der Waals surface area contributed by atoms with E-state index >= 15 is 0 Å². The van der Waals surface area contributed by atoms with Crippen LogP contribution in [0.2, 0.25) is 0 Å². The lowest BCUT2D eigenvalue weighted by atomic mass is 10.1. The van der Waals surface area contributed by atoms with Gasteiger partial charge in [0.15, 0.2) is 0 Å².